The number of halogens is 3. The third-order valence-corrected chi connectivity index (χ3v) is 4.67. The highest BCUT2D eigenvalue weighted by Crippen LogP contribution is 2.29. The number of carboxylic acid groups (broad SMARTS) is 1. The van der Waals surface area contributed by atoms with Gasteiger partial charge in [0.2, 0.25) is 0 Å². The van der Waals surface area contributed by atoms with E-state index in [-0.39, 0.29) is 12.0 Å². The summed E-state index contributed by atoms with van der Waals surface area (Å²) in [5.74, 6) is -1.37. The van der Waals surface area contributed by atoms with Crippen molar-refractivity contribution in [2.45, 2.75) is 76.5 Å². The van der Waals surface area contributed by atoms with E-state index in [1.807, 2.05) is 0 Å². The van der Waals surface area contributed by atoms with Gasteiger partial charge in [0, 0.05) is 13.0 Å². The number of carbonyl (C=O) groups excluding carboxylic acids is 1. The topological polar surface area (TPSA) is 86.6 Å². The number of rotatable bonds is 14. The van der Waals surface area contributed by atoms with Gasteiger partial charge in [-0.05, 0) is 30.5 Å². The predicted molar refractivity (Wildman–Crippen MR) is 103 cm³/mol. The summed E-state index contributed by atoms with van der Waals surface area (Å²) in [5.41, 5.74) is -0.701. The van der Waals surface area contributed by atoms with Crippen LogP contribution in [-0.4, -0.2) is 28.6 Å². The molecule has 1 unspecified atom stereocenters. The first-order valence-corrected chi connectivity index (χ1v) is 10.1. The minimum Gasteiger partial charge on any atom is -0.481 e. The van der Waals surface area contributed by atoms with E-state index in [1.165, 1.54) is 0 Å². The molecule has 0 aliphatic heterocycles. The number of carboxylic acids is 1. The monoisotopic (exact) mass is 417 g/mol. The molecule has 0 aromatic heterocycles. The minimum atomic E-state index is -4.45. The Kier molecular flexibility index (Phi) is 11.3. The van der Waals surface area contributed by atoms with Crippen molar-refractivity contribution in [2.24, 2.45) is 0 Å². The Morgan fingerprint density at radius 2 is 1.34 bits per heavy atom. The Morgan fingerprint density at radius 3 is 1.83 bits per heavy atom. The van der Waals surface area contributed by atoms with Gasteiger partial charge in [-0.15, -0.1) is 0 Å². The molecular formula is C21H30F3NO4. The SMILES string of the molecule is O=C(O)CCCCCCCCCCCNC(=O)C(O)c1ccc(C(F)(F)F)cc1. The van der Waals surface area contributed by atoms with E-state index in [9.17, 15) is 27.9 Å². The van der Waals surface area contributed by atoms with Gasteiger partial charge in [-0.3, -0.25) is 9.59 Å². The first-order valence-electron chi connectivity index (χ1n) is 10.1. The first-order chi connectivity index (χ1) is 13.7. The van der Waals surface area contributed by atoms with Gasteiger partial charge in [-0.1, -0.05) is 57.1 Å². The van der Waals surface area contributed by atoms with Gasteiger partial charge >= 0.3 is 12.1 Å². The van der Waals surface area contributed by atoms with Crippen LogP contribution in [0.2, 0.25) is 0 Å². The van der Waals surface area contributed by atoms with Crippen molar-refractivity contribution in [1.82, 2.24) is 5.32 Å². The van der Waals surface area contributed by atoms with Crippen molar-refractivity contribution >= 4 is 11.9 Å². The molecule has 1 amide bonds. The Hall–Kier alpha value is -2.09. The number of hydrogen-bond acceptors (Lipinski definition) is 3. The molecule has 0 heterocycles. The van der Waals surface area contributed by atoms with Crippen molar-refractivity contribution in [3.05, 3.63) is 35.4 Å². The molecule has 8 heteroatoms. The molecule has 0 aliphatic rings. The van der Waals surface area contributed by atoms with Crippen LogP contribution in [0.5, 0.6) is 0 Å². The van der Waals surface area contributed by atoms with Gasteiger partial charge in [-0.2, -0.15) is 13.2 Å². The van der Waals surface area contributed by atoms with Gasteiger partial charge in [0.05, 0.1) is 5.56 Å². The molecule has 29 heavy (non-hydrogen) atoms. The number of nitrogens with one attached hydrogen (secondary N) is 1. The first kappa shape index (κ1) is 24.9. The van der Waals surface area contributed by atoms with E-state index in [4.69, 9.17) is 5.11 Å². The van der Waals surface area contributed by atoms with Gasteiger partial charge in [-0.25, -0.2) is 0 Å². The van der Waals surface area contributed by atoms with Crippen molar-refractivity contribution in [3.63, 3.8) is 0 Å². The molecular weight excluding hydrogens is 387 g/mol. The third-order valence-electron chi connectivity index (χ3n) is 4.67. The fraction of sp³-hybridized carbons (Fsp3) is 0.619. The van der Waals surface area contributed by atoms with E-state index in [1.54, 1.807) is 0 Å². The highest BCUT2D eigenvalue weighted by atomic mass is 19.4. The minimum absolute atomic E-state index is 0.124. The summed E-state index contributed by atoms with van der Waals surface area (Å²) in [6.07, 6.45) is 3.04. The van der Waals surface area contributed by atoms with E-state index in [0.29, 0.717) is 6.54 Å². The van der Waals surface area contributed by atoms with E-state index in [0.717, 1.165) is 82.1 Å². The second kappa shape index (κ2) is 13.2. The molecule has 5 nitrogen and oxygen atoms in total. The Balaban J connectivity index is 2.08. The number of aliphatic hydroxyl groups is 1. The van der Waals surface area contributed by atoms with Crippen LogP contribution in [0.15, 0.2) is 24.3 Å². The molecule has 0 saturated carbocycles. The van der Waals surface area contributed by atoms with Crippen LogP contribution >= 0.6 is 0 Å². The van der Waals surface area contributed by atoms with Crippen LogP contribution in [-0.2, 0) is 15.8 Å². The van der Waals surface area contributed by atoms with Crippen molar-refractivity contribution < 1.29 is 33.0 Å². The molecule has 0 radical (unpaired) electrons. The summed E-state index contributed by atoms with van der Waals surface area (Å²) in [7, 11) is 0. The number of aliphatic hydroxyl groups excluding tert-OH is 1. The molecule has 1 aromatic carbocycles. The molecule has 0 spiro atoms. The average molecular weight is 417 g/mol. The Bertz CT molecular complexity index is 617. The maximum Gasteiger partial charge on any atom is 0.416 e. The van der Waals surface area contributed by atoms with Crippen LogP contribution < -0.4 is 5.32 Å². The second-order valence-corrected chi connectivity index (χ2v) is 7.14. The molecule has 3 N–H and O–H groups in total. The normalized spacial score (nSPS) is 12.6. The second-order valence-electron chi connectivity index (χ2n) is 7.14. The van der Waals surface area contributed by atoms with Gasteiger partial charge in [0.15, 0.2) is 6.10 Å². The zero-order valence-electron chi connectivity index (χ0n) is 16.5. The van der Waals surface area contributed by atoms with Crippen molar-refractivity contribution in [2.75, 3.05) is 6.54 Å². The standard InChI is InChI=1S/C21H30F3NO4/c22-21(23,24)17-13-11-16(12-14-17)19(28)20(29)25-15-9-7-5-3-1-2-4-6-8-10-18(26)27/h11-14,19,28H,1-10,15H2,(H,25,29)(H,26,27). The lowest BCUT2D eigenvalue weighted by Crippen LogP contribution is -2.30. The summed E-state index contributed by atoms with van der Waals surface area (Å²) in [4.78, 5) is 22.3. The Morgan fingerprint density at radius 1 is 0.862 bits per heavy atom. The maximum absolute atomic E-state index is 12.5. The number of amides is 1. The van der Waals surface area contributed by atoms with Crippen LogP contribution in [0.25, 0.3) is 0 Å². The quantitative estimate of drug-likeness (QED) is 0.378. The van der Waals surface area contributed by atoms with Crippen LogP contribution in [0.1, 0.15) is 81.4 Å². The number of unbranched alkanes of at least 4 members (excludes halogenated alkanes) is 8. The highest BCUT2D eigenvalue weighted by Gasteiger charge is 2.30. The molecule has 1 aromatic rings. The van der Waals surface area contributed by atoms with Gasteiger partial charge in [0.1, 0.15) is 0 Å². The Labute approximate surface area is 169 Å². The number of aliphatic carboxylic acids is 1. The summed E-state index contributed by atoms with van der Waals surface area (Å²) in [5, 5.41) is 21.1. The number of benzene rings is 1. The van der Waals surface area contributed by atoms with E-state index >= 15 is 0 Å². The lowest BCUT2D eigenvalue weighted by atomic mass is 10.1. The number of carbonyl (C=O) groups is 2. The van der Waals surface area contributed by atoms with Crippen molar-refractivity contribution in [3.8, 4) is 0 Å². The van der Waals surface area contributed by atoms with E-state index in [2.05, 4.69) is 5.32 Å². The van der Waals surface area contributed by atoms with Crippen LogP contribution in [0, 0.1) is 0 Å². The lowest BCUT2D eigenvalue weighted by molar-refractivity contribution is -0.138. The zero-order valence-corrected chi connectivity index (χ0v) is 16.5. The van der Waals surface area contributed by atoms with E-state index < -0.39 is 29.7 Å². The molecule has 1 rings (SSSR count). The summed E-state index contributed by atoms with van der Waals surface area (Å²) >= 11 is 0. The molecule has 1 atom stereocenters. The van der Waals surface area contributed by atoms with Crippen LogP contribution in [0.4, 0.5) is 13.2 Å². The number of alkyl halides is 3. The molecule has 0 saturated heterocycles. The van der Waals surface area contributed by atoms with Gasteiger partial charge in [0.25, 0.3) is 5.91 Å². The maximum atomic E-state index is 12.5. The largest absolute Gasteiger partial charge is 0.481 e. The summed E-state index contributed by atoms with van der Waals surface area (Å²) < 4.78 is 37.6. The molecule has 0 aliphatic carbocycles. The lowest BCUT2D eigenvalue weighted by Gasteiger charge is -2.13. The number of hydrogen-bond donors (Lipinski definition) is 3. The zero-order chi connectivity index (χ0) is 21.7. The fourth-order valence-corrected chi connectivity index (χ4v) is 2.95. The van der Waals surface area contributed by atoms with Crippen LogP contribution in [0.3, 0.4) is 0 Å². The molecule has 0 bridgehead atoms. The third kappa shape index (κ3) is 10.9. The smallest absolute Gasteiger partial charge is 0.416 e. The molecule has 0 fully saturated rings. The summed E-state index contributed by atoms with van der Waals surface area (Å²) in [6.45, 7) is 0.408. The molecule has 164 valence electrons. The average Bonchev–Trinajstić information content (AvgIpc) is 2.67. The van der Waals surface area contributed by atoms with Crippen molar-refractivity contribution in [1.29, 1.82) is 0 Å². The highest BCUT2D eigenvalue weighted by molar-refractivity contribution is 5.81. The fourth-order valence-electron chi connectivity index (χ4n) is 2.95. The predicted octanol–water partition coefficient (Wildman–Crippen LogP) is 4.84. The summed E-state index contributed by atoms with van der Waals surface area (Å²) in [6, 6.07) is 3.90. The van der Waals surface area contributed by atoms with Gasteiger partial charge < -0.3 is 15.5 Å².